The van der Waals surface area contributed by atoms with Gasteiger partial charge in [0.05, 0.1) is 0 Å². The van der Waals surface area contributed by atoms with E-state index in [1.807, 2.05) is 13.0 Å². The van der Waals surface area contributed by atoms with E-state index in [1.54, 1.807) is 18.2 Å². The number of aromatic carboxylic acids is 2. The average molecular weight is 247 g/mol. The van der Waals surface area contributed by atoms with Gasteiger partial charge in [0.2, 0.25) is 17.3 Å². The van der Waals surface area contributed by atoms with Gasteiger partial charge in [-0.3, -0.25) is 0 Å². The molecule has 0 unspecified atom stereocenters. The lowest BCUT2D eigenvalue weighted by atomic mass is 10.1. The molecule has 0 saturated carbocycles. The fourth-order valence-electron chi connectivity index (χ4n) is 1.51. The molecular formula is C12H9NO5. The predicted molar refractivity (Wildman–Crippen MR) is 60.6 cm³/mol. The molecule has 92 valence electrons. The molecule has 0 bridgehead atoms. The highest BCUT2D eigenvalue weighted by Crippen LogP contribution is 2.23. The van der Waals surface area contributed by atoms with Gasteiger partial charge in [-0.1, -0.05) is 17.7 Å². The van der Waals surface area contributed by atoms with E-state index < -0.39 is 23.4 Å². The first-order valence-corrected chi connectivity index (χ1v) is 5.03. The Labute approximate surface area is 102 Å². The van der Waals surface area contributed by atoms with E-state index in [1.165, 1.54) is 0 Å². The number of hydrogen-bond donors (Lipinski definition) is 2. The molecule has 2 aromatic rings. The summed E-state index contributed by atoms with van der Waals surface area (Å²) in [6.07, 6.45) is 0. The van der Waals surface area contributed by atoms with Crippen molar-refractivity contribution in [1.29, 1.82) is 0 Å². The SMILES string of the molecule is Cc1cccc(-c2nc(C(=O)O)c(C(=O)O)o2)c1. The predicted octanol–water partition coefficient (Wildman–Crippen LogP) is 2.05. The summed E-state index contributed by atoms with van der Waals surface area (Å²) < 4.78 is 4.99. The van der Waals surface area contributed by atoms with Crippen molar-refractivity contribution < 1.29 is 24.2 Å². The van der Waals surface area contributed by atoms with Gasteiger partial charge in [0.1, 0.15) is 0 Å². The second-order valence-electron chi connectivity index (χ2n) is 3.68. The molecule has 0 saturated heterocycles. The Morgan fingerprint density at radius 3 is 2.44 bits per heavy atom. The van der Waals surface area contributed by atoms with Crippen LogP contribution in [0, 0.1) is 6.92 Å². The quantitative estimate of drug-likeness (QED) is 0.860. The van der Waals surface area contributed by atoms with Crippen LogP contribution in [-0.4, -0.2) is 27.1 Å². The van der Waals surface area contributed by atoms with Gasteiger partial charge in [-0.05, 0) is 19.1 Å². The average Bonchev–Trinajstić information content (AvgIpc) is 2.73. The van der Waals surface area contributed by atoms with E-state index in [0.717, 1.165) is 5.56 Å². The first-order valence-electron chi connectivity index (χ1n) is 5.03. The summed E-state index contributed by atoms with van der Waals surface area (Å²) >= 11 is 0. The maximum absolute atomic E-state index is 10.9. The Morgan fingerprint density at radius 1 is 1.22 bits per heavy atom. The zero-order valence-corrected chi connectivity index (χ0v) is 9.38. The topological polar surface area (TPSA) is 101 Å². The maximum Gasteiger partial charge on any atom is 0.374 e. The highest BCUT2D eigenvalue weighted by atomic mass is 16.4. The van der Waals surface area contributed by atoms with Crippen LogP contribution < -0.4 is 0 Å². The van der Waals surface area contributed by atoms with Crippen molar-refractivity contribution in [3.05, 3.63) is 41.3 Å². The first-order chi connectivity index (χ1) is 8.49. The molecule has 1 aromatic heterocycles. The number of carbonyl (C=O) groups is 2. The summed E-state index contributed by atoms with van der Waals surface area (Å²) in [4.78, 5) is 25.4. The monoisotopic (exact) mass is 247 g/mol. The molecule has 0 aliphatic rings. The van der Waals surface area contributed by atoms with E-state index in [4.69, 9.17) is 14.6 Å². The molecule has 6 heteroatoms. The molecule has 0 atom stereocenters. The van der Waals surface area contributed by atoms with Crippen molar-refractivity contribution >= 4 is 11.9 Å². The second kappa shape index (κ2) is 4.33. The van der Waals surface area contributed by atoms with E-state index in [0.29, 0.717) is 5.56 Å². The summed E-state index contributed by atoms with van der Waals surface area (Å²) in [5.74, 6) is -3.58. The van der Waals surface area contributed by atoms with Gasteiger partial charge >= 0.3 is 11.9 Å². The van der Waals surface area contributed by atoms with Crippen LogP contribution in [0.25, 0.3) is 11.5 Å². The van der Waals surface area contributed by atoms with Crippen LogP contribution in [0.15, 0.2) is 28.7 Å². The number of carboxylic acids is 2. The van der Waals surface area contributed by atoms with Crippen molar-refractivity contribution in [3.8, 4) is 11.5 Å². The van der Waals surface area contributed by atoms with Crippen LogP contribution in [0.2, 0.25) is 0 Å². The first kappa shape index (κ1) is 11.8. The maximum atomic E-state index is 10.9. The Hall–Kier alpha value is -2.63. The molecule has 6 nitrogen and oxygen atoms in total. The zero-order chi connectivity index (χ0) is 13.3. The summed E-state index contributed by atoms with van der Waals surface area (Å²) in [6, 6.07) is 6.98. The van der Waals surface area contributed by atoms with Gasteiger partial charge in [-0.15, -0.1) is 0 Å². The number of aromatic nitrogens is 1. The minimum absolute atomic E-state index is 0.0199. The highest BCUT2D eigenvalue weighted by molar-refractivity contribution is 5.98. The number of carboxylic acid groups (broad SMARTS) is 2. The molecule has 0 radical (unpaired) electrons. The number of hydrogen-bond acceptors (Lipinski definition) is 4. The fraction of sp³-hybridized carbons (Fsp3) is 0.0833. The molecule has 18 heavy (non-hydrogen) atoms. The summed E-state index contributed by atoms with van der Waals surface area (Å²) in [7, 11) is 0. The van der Waals surface area contributed by atoms with E-state index in [9.17, 15) is 9.59 Å². The van der Waals surface area contributed by atoms with E-state index >= 15 is 0 Å². The number of oxazole rings is 1. The van der Waals surface area contributed by atoms with Crippen molar-refractivity contribution in [3.63, 3.8) is 0 Å². The molecule has 1 heterocycles. The summed E-state index contributed by atoms with van der Waals surface area (Å²) in [5.41, 5.74) is 0.864. The van der Waals surface area contributed by atoms with Crippen LogP contribution in [0.5, 0.6) is 0 Å². The third-order valence-corrected chi connectivity index (χ3v) is 2.29. The van der Waals surface area contributed by atoms with Crippen LogP contribution >= 0.6 is 0 Å². The minimum Gasteiger partial charge on any atom is -0.476 e. The van der Waals surface area contributed by atoms with Crippen LogP contribution in [-0.2, 0) is 0 Å². The third kappa shape index (κ3) is 2.08. The number of aryl methyl sites for hydroxylation is 1. The normalized spacial score (nSPS) is 10.3. The lowest BCUT2D eigenvalue weighted by Crippen LogP contribution is -2.05. The van der Waals surface area contributed by atoms with Gasteiger partial charge in [0, 0.05) is 5.56 Å². The lowest BCUT2D eigenvalue weighted by Gasteiger charge is -1.96. The molecule has 0 fully saturated rings. The largest absolute Gasteiger partial charge is 0.476 e. The molecule has 0 amide bonds. The Morgan fingerprint density at radius 2 is 1.94 bits per heavy atom. The molecule has 0 aliphatic carbocycles. The van der Waals surface area contributed by atoms with Gasteiger partial charge < -0.3 is 14.6 Å². The number of rotatable bonds is 3. The van der Waals surface area contributed by atoms with Gasteiger partial charge in [0.25, 0.3) is 0 Å². The van der Waals surface area contributed by atoms with Gasteiger partial charge in [-0.2, -0.15) is 0 Å². The fourth-order valence-corrected chi connectivity index (χ4v) is 1.51. The van der Waals surface area contributed by atoms with Crippen molar-refractivity contribution in [1.82, 2.24) is 4.98 Å². The smallest absolute Gasteiger partial charge is 0.374 e. The summed E-state index contributed by atoms with van der Waals surface area (Å²) in [5, 5.41) is 17.7. The Balaban J connectivity index is 2.57. The number of nitrogens with zero attached hydrogens (tertiary/aromatic N) is 1. The lowest BCUT2D eigenvalue weighted by molar-refractivity contribution is 0.0624. The van der Waals surface area contributed by atoms with Crippen LogP contribution in [0.1, 0.15) is 26.6 Å². The van der Waals surface area contributed by atoms with Gasteiger partial charge in [0.15, 0.2) is 0 Å². The number of benzene rings is 1. The molecular weight excluding hydrogens is 238 g/mol. The van der Waals surface area contributed by atoms with Crippen LogP contribution in [0.3, 0.4) is 0 Å². The standard InChI is InChI=1S/C12H9NO5/c1-6-3-2-4-7(5-6)10-13-8(11(14)15)9(18-10)12(16)17/h2-5H,1H3,(H,14,15)(H,16,17). The highest BCUT2D eigenvalue weighted by Gasteiger charge is 2.25. The molecule has 2 N–H and O–H groups in total. The molecule has 0 aliphatic heterocycles. The molecule has 1 aromatic carbocycles. The Kier molecular flexibility index (Phi) is 2.85. The minimum atomic E-state index is -1.46. The van der Waals surface area contributed by atoms with Gasteiger partial charge in [-0.25, -0.2) is 14.6 Å². The van der Waals surface area contributed by atoms with E-state index in [-0.39, 0.29) is 5.89 Å². The van der Waals surface area contributed by atoms with Crippen LogP contribution in [0.4, 0.5) is 0 Å². The van der Waals surface area contributed by atoms with Crippen molar-refractivity contribution in [2.75, 3.05) is 0 Å². The summed E-state index contributed by atoms with van der Waals surface area (Å²) in [6.45, 7) is 1.85. The van der Waals surface area contributed by atoms with Crippen molar-refractivity contribution in [2.24, 2.45) is 0 Å². The van der Waals surface area contributed by atoms with E-state index in [2.05, 4.69) is 4.98 Å². The van der Waals surface area contributed by atoms with Crippen molar-refractivity contribution in [2.45, 2.75) is 6.92 Å². The third-order valence-electron chi connectivity index (χ3n) is 2.29. The molecule has 0 spiro atoms. The zero-order valence-electron chi connectivity index (χ0n) is 9.38. The molecule has 2 rings (SSSR count). The Bertz CT molecular complexity index is 598. The second-order valence-corrected chi connectivity index (χ2v) is 3.68.